The first-order chi connectivity index (χ1) is 7.65. The standard InChI is InChI=1S/C9H16N6O/c1-6(16)11-7-2-4-15(5-3-7)9-12-8(10)13-14-9/h7H,2-5H2,1H3,(H,11,16)(H3,10,12,13,14). The van der Waals surface area contributed by atoms with Gasteiger partial charge in [0, 0.05) is 26.1 Å². The molecule has 1 aromatic heterocycles. The second-order valence-corrected chi connectivity index (χ2v) is 3.98. The van der Waals surface area contributed by atoms with Crippen LogP contribution in [0.3, 0.4) is 0 Å². The summed E-state index contributed by atoms with van der Waals surface area (Å²) in [5.41, 5.74) is 5.47. The summed E-state index contributed by atoms with van der Waals surface area (Å²) in [6.45, 7) is 3.22. The van der Waals surface area contributed by atoms with Gasteiger partial charge in [-0.25, -0.2) is 5.10 Å². The molecular formula is C9H16N6O. The third-order valence-electron chi connectivity index (χ3n) is 2.68. The molecule has 4 N–H and O–H groups in total. The van der Waals surface area contributed by atoms with Crippen LogP contribution in [-0.2, 0) is 4.79 Å². The highest BCUT2D eigenvalue weighted by molar-refractivity contribution is 5.73. The highest BCUT2D eigenvalue weighted by Crippen LogP contribution is 2.16. The number of carbonyl (C=O) groups is 1. The molecule has 1 amide bonds. The van der Waals surface area contributed by atoms with Crippen molar-refractivity contribution in [3.05, 3.63) is 0 Å². The molecule has 16 heavy (non-hydrogen) atoms. The van der Waals surface area contributed by atoms with E-state index < -0.39 is 0 Å². The van der Waals surface area contributed by atoms with E-state index in [0.717, 1.165) is 25.9 Å². The minimum absolute atomic E-state index is 0.0283. The Bertz CT molecular complexity index is 368. The van der Waals surface area contributed by atoms with Crippen LogP contribution in [0.2, 0.25) is 0 Å². The molecule has 1 aliphatic heterocycles. The van der Waals surface area contributed by atoms with E-state index in [4.69, 9.17) is 5.73 Å². The van der Waals surface area contributed by atoms with Crippen LogP contribution in [0, 0.1) is 0 Å². The maximum Gasteiger partial charge on any atom is 0.246 e. The Hall–Kier alpha value is -1.79. The van der Waals surface area contributed by atoms with Crippen molar-refractivity contribution in [1.29, 1.82) is 0 Å². The number of nitrogen functional groups attached to an aromatic ring is 1. The molecule has 0 atom stereocenters. The van der Waals surface area contributed by atoms with Gasteiger partial charge in [-0.1, -0.05) is 0 Å². The van der Waals surface area contributed by atoms with Crippen molar-refractivity contribution in [2.45, 2.75) is 25.8 Å². The van der Waals surface area contributed by atoms with E-state index in [1.807, 2.05) is 0 Å². The van der Waals surface area contributed by atoms with Gasteiger partial charge in [0.2, 0.25) is 17.8 Å². The zero-order chi connectivity index (χ0) is 11.5. The molecule has 1 aromatic rings. The molecule has 1 aliphatic rings. The Balaban J connectivity index is 1.87. The molecule has 0 bridgehead atoms. The Morgan fingerprint density at radius 2 is 2.25 bits per heavy atom. The number of carbonyl (C=O) groups excluding carboxylic acids is 1. The predicted octanol–water partition coefficient (Wildman–Crippen LogP) is -0.508. The van der Waals surface area contributed by atoms with E-state index in [2.05, 4.69) is 25.4 Å². The molecule has 0 aliphatic carbocycles. The third-order valence-corrected chi connectivity index (χ3v) is 2.68. The van der Waals surface area contributed by atoms with Crippen LogP contribution >= 0.6 is 0 Å². The lowest BCUT2D eigenvalue weighted by Crippen LogP contribution is -2.44. The number of H-pyrrole nitrogens is 1. The Labute approximate surface area is 93.4 Å². The molecule has 0 radical (unpaired) electrons. The molecule has 2 rings (SSSR count). The van der Waals surface area contributed by atoms with E-state index in [9.17, 15) is 4.79 Å². The summed E-state index contributed by atoms with van der Waals surface area (Å²) in [5, 5.41) is 9.54. The molecule has 0 unspecified atom stereocenters. The summed E-state index contributed by atoms with van der Waals surface area (Å²) < 4.78 is 0. The van der Waals surface area contributed by atoms with Crippen molar-refractivity contribution >= 4 is 17.8 Å². The average molecular weight is 224 g/mol. The molecular weight excluding hydrogens is 208 g/mol. The first-order valence-electron chi connectivity index (χ1n) is 5.35. The number of nitrogens with one attached hydrogen (secondary N) is 2. The van der Waals surface area contributed by atoms with E-state index in [-0.39, 0.29) is 11.9 Å². The molecule has 0 aromatic carbocycles. The van der Waals surface area contributed by atoms with Crippen LogP contribution in [0.5, 0.6) is 0 Å². The molecule has 2 heterocycles. The second kappa shape index (κ2) is 4.38. The van der Waals surface area contributed by atoms with Crippen LogP contribution in [0.25, 0.3) is 0 Å². The third kappa shape index (κ3) is 2.41. The topological polar surface area (TPSA) is 99.9 Å². The number of nitrogens with zero attached hydrogens (tertiary/aromatic N) is 3. The summed E-state index contributed by atoms with van der Waals surface area (Å²) in [6.07, 6.45) is 1.82. The summed E-state index contributed by atoms with van der Waals surface area (Å²) >= 11 is 0. The number of piperidine rings is 1. The lowest BCUT2D eigenvalue weighted by Gasteiger charge is -2.31. The molecule has 88 valence electrons. The van der Waals surface area contributed by atoms with Gasteiger partial charge in [-0.2, -0.15) is 4.98 Å². The predicted molar refractivity (Wildman–Crippen MR) is 59.8 cm³/mol. The van der Waals surface area contributed by atoms with Gasteiger partial charge in [0.1, 0.15) is 0 Å². The van der Waals surface area contributed by atoms with Crippen molar-refractivity contribution < 1.29 is 4.79 Å². The monoisotopic (exact) mass is 224 g/mol. The number of nitrogens with two attached hydrogens (primary N) is 1. The number of hydrogen-bond donors (Lipinski definition) is 3. The van der Waals surface area contributed by atoms with E-state index in [1.54, 1.807) is 6.92 Å². The minimum atomic E-state index is 0.0283. The van der Waals surface area contributed by atoms with Gasteiger partial charge < -0.3 is 16.0 Å². The Morgan fingerprint density at radius 3 is 2.75 bits per heavy atom. The lowest BCUT2D eigenvalue weighted by atomic mass is 10.1. The molecule has 0 spiro atoms. The fraction of sp³-hybridized carbons (Fsp3) is 0.667. The normalized spacial score (nSPS) is 17.4. The summed E-state index contributed by atoms with van der Waals surface area (Å²) in [6, 6.07) is 0.269. The number of amides is 1. The second-order valence-electron chi connectivity index (χ2n) is 3.98. The molecule has 7 heteroatoms. The SMILES string of the molecule is CC(=O)NC1CCN(c2n[nH]c(N)n2)CC1. The highest BCUT2D eigenvalue weighted by atomic mass is 16.1. The number of aromatic nitrogens is 3. The van der Waals surface area contributed by atoms with Crippen molar-refractivity contribution in [1.82, 2.24) is 20.5 Å². The van der Waals surface area contributed by atoms with Crippen molar-refractivity contribution in [2.75, 3.05) is 23.7 Å². The van der Waals surface area contributed by atoms with Crippen LogP contribution in [0.15, 0.2) is 0 Å². The van der Waals surface area contributed by atoms with E-state index in [0.29, 0.717) is 11.9 Å². The smallest absolute Gasteiger partial charge is 0.246 e. The average Bonchev–Trinajstić information content (AvgIpc) is 2.65. The molecule has 1 fully saturated rings. The number of aromatic amines is 1. The van der Waals surface area contributed by atoms with Crippen molar-refractivity contribution in [3.63, 3.8) is 0 Å². The zero-order valence-electron chi connectivity index (χ0n) is 9.23. The minimum Gasteiger partial charge on any atom is -0.368 e. The highest BCUT2D eigenvalue weighted by Gasteiger charge is 2.21. The Kier molecular flexibility index (Phi) is 2.93. The Morgan fingerprint density at radius 1 is 1.56 bits per heavy atom. The fourth-order valence-corrected chi connectivity index (χ4v) is 1.92. The first kappa shape index (κ1) is 10.7. The maximum absolute atomic E-state index is 10.9. The summed E-state index contributed by atoms with van der Waals surface area (Å²) in [7, 11) is 0. The number of hydrogen-bond acceptors (Lipinski definition) is 5. The first-order valence-corrected chi connectivity index (χ1v) is 5.35. The van der Waals surface area contributed by atoms with E-state index >= 15 is 0 Å². The van der Waals surface area contributed by atoms with Gasteiger partial charge in [0.25, 0.3) is 0 Å². The van der Waals surface area contributed by atoms with Crippen LogP contribution in [-0.4, -0.2) is 40.2 Å². The van der Waals surface area contributed by atoms with E-state index in [1.165, 1.54) is 0 Å². The van der Waals surface area contributed by atoms with Gasteiger partial charge in [-0.05, 0) is 12.8 Å². The zero-order valence-corrected chi connectivity index (χ0v) is 9.23. The van der Waals surface area contributed by atoms with Gasteiger partial charge in [0.15, 0.2) is 0 Å². The summed E-state index contributed by atoms with van der Waals surface area (Å²) in [4.78, 5) is 17.0. The number of rotatable bonds is 2. The van der Waals surface area contributed by atoms with Gasteiger partial charge in [0.05, 0.1) is 0 Å². The molecule has 7 nitrogen and oxygen atoms in total. The molecule has 1 saturated heterocycles. The van der Waals surface area contributed by atoms with Crippen LogP contribution < -0.4 is 16.0 Å². The lowest BCUT2D eigenvalue weighted by molar-refractivity contribution is -0.119. The van der Waals surface area contributed by atoms with Gasteiger partial charge in [-0.3, -0.25) is 4.79 Å². The number of anilines is 2. The van der Waals surface area contributed by atoms with Gasteiger partial charge >= 0.3 is 0 Å². The van der Waals surface area contributed by atoms with Crippen molar-refractivity contribution in [3.8, 4) is 0 Å². The summed E-state index contributed by atoms with van der Waals surface area (Å²) in [5.74, 6) is 0.998. The van der Waals surface area contributed by atoms with Crippen LogP contribution in [0.4, 0.5) is 11.9 Å². The molecule has 0 saturated carbocycles. The largest absolute Gasteiger partial charge is 0.368 e. The quantitative estimate of drug-likeness (QED) is 0.628. The van der Waals surface area contributed by atoms with Crippen molar-refractivity contribution in [2.24, 2.45) is 0 Å². The van der Waals surface area contributed by atoms with Crippen LogP contribution in [0.1, 0.15) is 19.8 Å². The van der Waals surface area contributed by atoms with Gasteiger partial charge in [-0.15, -0.1) is 5.10 Å². The fourth-order valence-electron chi connectivity index (χ4n) is 1.92. The maximum atomic E-state index is 10.9.